The second-order valence-corrected chi connectivity index (χ2v) is 4.16. The minimum Gasteiger partial charge on any atom is -0.478 e. The first kappa shape index (κ1) is 11.6. The molecule has 1 N–H and O–H groups in total. The van der Waals surface area contributed by atoms with Crippen LogP contribution in [0.3, 0.4) is 0 Å². The first-order valence-corrected chi connectivity index (χ1v) is 5.42. The van der Waals surface area contributed by atoms with Crippen molar-refractivity contribution >= 4 is 11.7 Å². The van der Waals surface area contributed by atoms with Gasteiger partial charge in [0, 0.05) is 11.6 Å². The highest BCUT2D eigenvalue weighted by atomic mass is 19.1. The molecule has 0 saturated carbocycles. The molecule has 0 saturated heterocycles. The van der Waals surface area contributed by atoms with Crippen molar-refractivity contribution in [2.45, 2.75) is 0 Å². The number of halogens is 2. The summed E-state index contributed by atoms with van der Waals surface area (Å²) >= 11 is 0. The van der Waals surface area contributed by atoms with Gasteiger partial charge in [0.15, 0.2) is 0 Å². The van der Waals surface area contributed by atoms with E-state index in [0.717, 1.165) is 18.2 Å². The number of aliphatic carboxylic acids is 1. The van der Waals surface area contributed by atoms with Crippen LogP contribution in [0.5, 0.6) is 0 Å². The summed E-state index contributed by atoms with van der Waals surface area (Å²) in [5.74, 6) is -3.00. The molecule has 3 rings (SSSR count). The number of carbonyl (C=O) groups is 1. The summed E-state index contributed by atoms with van der Waals surface area (Å²) in [4.78, 5) is 16.1. The number of nitrogens with zero attached hydrogens (tertiary/aromatic N) is 1. The second kappa shape index (κ2) is 4.01. The molecule has 1 heterocycles. The lowest BCUT2D eigenvalue weighted by Crippen LogP contribution is -2.19. The maximum Gasteiger partial charge on any atom is 0.332 e. The number of rotatable bonds is 2. The third-order valence-corrected chi connectivity index (χ3v) is 2.95. The van der Waals surface area contributed by atoms with Crippen LogP contribution in [0.15, 0.2) is 46.8 Å². The Morgan fingerprint density at radius 1 is 1.21 bits per heavy atom. The summed E-state index contributed by atoms with van der Waals surface area (Å²) in [6.45, 7) is 0. The van der Waals surface area contributed by atoms with Crippen molar-refractivity contribution in [3.05, 3.63) is 58.9 Å². The van der Waals surface area contributed by atoms with Crippen molar-refractivity contribution < 1.29 is 23.5 Å². The molecule has 0 spiro atoms. The van der Waals surface area contributed by atoms with Crippen LogP contribution in [-0.4, -0.2) is 16.8 Å². The van der Waals surface area contributed by atoms with E-state index in [1.165, 1.54) is 12.2 Å². The van der Waals surface area contributed by atoms with E-state index in [9.17, 15) is 13.6 Å². The van der Waals surface area contributed by atoms with Gasteiger partial charge in [0.2, 0.25) is 0 Å². The van der Waals surface area contributed by atoms with E-state index < -0.39 is 23.5 Å². The van der Waals surface area contributed by atoms with Gasteiger partial charge in [-0.1, -0.05) is 5.16 Å². The van der Waals surface area contributed by atoms with Gasteiger partial charge in [0.1, 0.15) is 23.1 Å². The van der Waals surface area contributed by atoms with Gasteiger partial charge in [-0.2, -0.15) is 0 Å². The van der Waals surface area contributed by atoms with Gasteiger partial charge in [-0.3, -0.25) is 0 Å². The summed E-state index contributed by atoms with van der Waals surface area (Å²) < 4.78 is 26.4. The van der Waals surface area contributed by atoms with E-state index in [1.807, 2.05) is 0 Å². The van der Waals surface area contributed by atoms with Crippen LogP contribution in [0.25, 0.3) is 0 Å². The average molecular weight is 263 g/mol. The van der Waals surface area contributed by atoms with Gasteiger partial charge < -0.3 is 9.94 Å². The molecule has 1 aromatic carbocycles. The monoisotopic (exact) mass is 263 g/mol. The highest BCUT2D eigenvalue weighted by Crippen LogP contribution is 2.36. The lowest BCUT2D eigenvalue weighted by Gasteiger charge is -2.09. The summed E-state index contributed by atoms with van der Waals surface area (Å²) in [5.41, 5.74) is 0.423. The van der Waals surface area contributed by atoms with Crippen molar-refractivity contribution in [3.8, 4) is 0 Å². The molecule has 4 nitrogen and oxygen atoms in total. The molecule has 1 atom stereocenters. The average Bonchev–Trinajstić information content (AvgIpc) is 2.86. The molecule has 1 aromatic rings. The SMILES string of the molecule is O=C(O)C1=CC=C2ON=C(c3cc(F)cc(F)c3)C21. The summed E-state index contributed by atoms with van der Waals surface area (Å²) in [7, 11) is 0. The third-order valence-electron chi connectivity index (χ3n) is 2.95. The summed E-state index contributed by atoms with van der Waals surface area (Å²) in [5, 5.41) is 12.8. The standard InChI is InChI=1S/C13H7F2NO3/c14-7-3-6(4-8(15)5-7)12-11-9(13(17)18)1-2-10(11)19-16-12/h1-5,11H,(H,17,18). The highest BCUT2D eigenvalue weighted by Gasteiger charge is 2.39. The number of hydrogen-bond acceptors (Lipinski definition) is 3. The van der Waals surface area contributed by atoms with Crippen LogP contribution in [0.1, 0.15) is 5.56 Å². The minimum absolute atomic E-state index is 0.0657. The molecular weight excluding hydrogens is 256 g/mol. The normalized spacial score (nSPS) is 20.3. The maximum atomic E-state index is 13.2. The number of fused-ring (bicyclic) bond motifs is 1. The Balaban J connectivity index is 2.04. The number of hydrogen-bond donors (Lipinski definition) is 1. The number of benzene rings is 1. The fourth-order valence-corrected chi connectivity index (χ4v) is 2.15. The van der Waals surface area contributed by atoms with E-state index >= 15 is 0 Å². The number of oxime groups is 1. The Hall–Kier alpha value is -2.50. The van der Waals surface area contributed by atoms with Gasteiger partial charge in [0.05, 0.1) is 11.5 Å². The van der Waals surface area contributed by atoms with E-state index in [-0.39, 0.29) is 16.8 Å². The molecule has 1 aliphatic heterocycles. The molecule has 19 heavy (non-hydrogen) atoms. The van der Waals surface area contributed by atoms with Crippen molar-refractivity contribution in [1.82, 2.24) is 0 Å². The first-order chi connectivity index (χ1) is 9.06. The Kier molecular flexibility index (Phi) is 2.45. The van der Waals surface area contributed by atoms with Crippen LogP contribution >= 0.6 is 0 Å². The molecule has 6 heteroatoms. The topological polar surface area (TPSA) is 58.9 Å². The Morgan fingerprint density at radius 3 is 2.53 bits per heavy atom. The first-order valence-electron chi connectivity index (χ1n) is 5.42. The van der Waals surface area contributed by atoms with Crippen LogP contribution in [0.2, 0.25) is 0 Å². The molecule has 0 amide bonds. The van der Waals surface area contributed by atoms with Gasteiger partial charge in [-0.25, -0.2) is 13.6 Å². The summed E-state index contributed by atoms with van der Waals surface area (Å²) in [6.07, 6.45) is 2.88. The zero-order chi connectivity index (χ0) is 13.6. The maximum absolute atomic E-state index is 13.2. The second-order valence-electron chi connectivity index (χ2n) is 4.16. The van der Waals surface area contributed by atoms with Crippen LogP contribution in [-0.2, 0) is 9.63 Å². The van der Waals surface area contributed by atoms with Crippen molar-refractivity contribution in [2.75, 3.05) is 0 Å². The molecule has 2 aliphatic rings. The number of allylic oxidation sites excluding steroid dienone is 3. The van der Waals surface area contributed by atoms with Gasteiger partial charge in [0.25, 0.3) is 0 Å². The lowest BCUT2D eigenvalue weighted by atomic mass is 9.91. The molecule has 0 fully saturated rings. The zero-order valence-electron chi connectivity index (χ0n) is 9.43. The number of carboxylic acids is 1. The molecule has 0 radical (unpaired) electrons. The van der Waals surface area contributed by atoms with E-state index in [4.69, 9.17) is 9.94 Å². The van der Waals surface area contributed by atoms with Gasteiger partial charge >= 0.3 is 5.97 Å². The molecule has 1 unspecified atom stereocenters. The summed E-state index contributed by atoms with van der Waals surface area (Å²) in [6, 6.07) is 2.91. The molecule has 0 bridgehead atoms. The molecule has 1 aliphatic carbocycles. The Bertz CT molecular complexity index is 656. The molecule has 96 valence electrons. The fraction of sp³-hybridized carbons (Fsp3) is 0.0769. The molecule has 0 aromatic heterocycles. The zero-order valence-corrected chi connectivity index (χ0v) is 9.43. The van der Waals surface area contributed by atoms with Gasteiger partial charge in [-0.15, -0.1) is 0 Å². The van der Waals surface area contributed by atoms with Gasteiger partial charge in [-0.05, 0) is 24.3 Å². The largest absolute Gasteiger partial charge is 0.478 e. The van der Waals surface area contributed by atoms with E-state index in [0.29, 0.717) is 5.76 Å². The number of carboxylic acid groups (broad SMARTS) is 1. The quantitative estimate of drug-likeness (QED) is 0.890. The predicted molar refractivity (Wildman–Crippen MR) is 61.3 cm³/mol. The minimum atomic E-state index is -1.12. The van der Waals surface area contributed by atoms with Crippen LogP contribution < -0.4 is 0 Å². The van der Waals surface area contributed by atoms with Crippen molar-refractivity contribution in [3.63, 3.8) is 0 Å². The van der Waals surface area contributed by atoms with Crippen LogP contribution in [0.4, 0.5) is 8.78 Å². The Labute approximate surface area is 106 Å². The van der Waals surface area contributed by atoms with Crippen molar-refractivity contribution in [1.29, 1.82) is 0 Å². The predicted octanol–water partition coefficient (Wildman–Crippen LogP) is 2.22. The fourth-order valence-electron chi connectivity index (χ4n) is 2.15. The third kappa shape index (κ3) is 1.81. The Morgan fingerprint density at radius 2 is 1.89 bits per heavy atom. The smallest absolute Gasteiger partial charge is 0.332 e. The molecular formula is C13H7F2NO3. The van der Waals surface area contributed by atoms with E-state index in [1.54, 1.807) is 0 Å². The van der Waals surface area contributed by atoms with Crippen LogP contribution in [0, 0.1) is 17.6 Å². The highest BCUT2D eigenvalue weighted by molar-refractivity contribution is 6.11. The van der Waals surface area contributed by atoms with Crippen molar-refractivity contribution in [2.24, 2.45) is 11.1 Å². The van der Waals surface area contributed by atoms with E-state index in [2.05, 4.69) is 5.16 Å². The lowest BCUT2D eigenvalue weighted by molar-refractivity contribution is -0.132.